The maximum atomic E-state index is 13.1. The Hall–Kier alpha value is -3.22. The summed E-state index contributed by atoms with van der Waals surface area (Å²) < 4.78 is 17.9. The topological polar surface area (TPSA) is 84.5 Å². The minimum Gasteiger partial charge on any atom is -0.454 e. The van der Waals surface area contributed by atoms with Crippen molar-refractivity contribution in [2.45, 2.75) is 19.3 Å². The maximum Gasteiger partial charge on any atom is 0.325 e. The predicted octanol–water partition coefficient (Wildman–Crippen LogP) is 2.23. The standard InChI is InChI=1S/C20H19FN2O4/c21-16-6-2-5-15(9-16)20(26)22-11-19(25)27-12-18(24)23-17-8-7-13-3-1-4-14(13)10-17/h2,5-10H,1,3-4,11-12H2,(H,22,26)(H,23,24). The van der Waals surface area contributed by atoms with E-state index in [1.807, 2.05) is 18.2 Å². The quantitative estimate of drug-likeness (QED) is 0.764. The second-order valence-corrected chi connectivity index (χ2v) is 6.24. The number of esters is 1. The van der Waals surface area contributed by atoms with Crippen molar-refractivity contribution in [1.29, 1.82) is 0 Å². The van der Waals surface area contributed by atoms with Crippen LogP contribution in [0.25, 0.3) is 0 Å². The molecule has 0 fully saturated rings. The minimum absolute atomic E-state index is 0.0946. The summed E-state index contributed by atoms with van der Waals surface area (Å²) in [6, 6.07) is 10.8. The molecule has 0 atom stereocenters. The number of amides is 2. The van der Waals surface area contributed by atoms with E-state index in [9.17, 15) is 18.8 Å². The van der Waals surface area contributed by atoms with Crippen LogP contribution in [-0.4, -0.2) is 30.9 Å². The number of rotatable bonds is 6. The number of carbonyl (C=O) groups is 3. The largest absolute Gasteiger partial charge is 0.454 e. The summed E-state index contributed by atoms with van der Waals surface area (Å²) >= 11 is 0. The molecule has 0 unspecified atom stereocenters. The predicted molar refractivity (Wildman–Crippen MR) is 96.8 cm³/mol. The molecule has 0 aliphatic heterocycles. The van der Waals surface area contributed by atoms with Crippen LogP contribution in [0.5, 0.6) is 0 Å². The molecule has 6 nitrogen and oxygen atoms in total. The molecule has 0 bridgehead atoms. The summed E-state index contributed by atoms with van der Waals surface area (Å²) in [5, 5.41) is 4.99. The van der Waals surface area contributed by atoms with Crippen LogP contribution in [0.1, 0.15) is 27.9 Å². The smallest absolute Gasteiger partial charge is 0.325 e. The average Bonchev–Trinajstić information content (AvgIpc) is 3.12. The van der Waals surface area contributed by atoms with Crippen LogP contribution in [0.15, 0.2) is 42.5 Å². The third-order valence-corrected chi connectivity index (χ3v) is 4.23. The van der Waals surface area contributed by atoms with E-state index in [2.05, 4.69) is 10.6 Å². The monoisotopic (exact) mass is 370 g/mol. The molecule has 2 aromatic rings. The lowest BCUT2D eigenvalue weighted by atomic mass is 10.1. The van der Waals surface area contributed by atoms with Crippen molar-refractivity contribution in [1.82, 2.24) is 5.32 Å². The van der Waals surface area contributed by atoms with Crippen LogP contribution >= 0.6 is 0 Å². The van der Waals surface area contributed by atoms with Crippen molar-refractivity contribution in [2.24, 2.45) is 0 Å². The van der Waals surface area contributed by atoms with Gasteiger partial charge in [0, 0.05) is 11.3 Å². The van der Waals surface area contributed by atoms with Gasteiger partial charge in [-0.15, -0.1) is 0 Å². The number of fused-ring (bicyclic) bond motifs is 1. The number of anilines is 1. The first-order valence-electron chi connectivity index (χ1n) is 8.62. The van der Waals surface area contributed by atoms with Crippen molar-refractivity contribution in [3.8, 4) is 0 Å². The van der Waals surface area contributed by atoms with Crippen molar-refractivity contribution in [3.05, 3.63) is 65.0 Å². The molecule has 27 heavy (non-hydrogen) atoms. The van der Waals surface area contributed by atoms with Gasteiger partial charge in [0.1, 0.15) is 12.4 Å². The van der Waals surface area contributed by atoms with Gasteiger partial charge < -0.3 is 15.4 Å². The highest BCUT2D eigenvalue weighted by Crippen LogP contribution is 2.24. The number of halogens is 1. The van der Waals surface area contributed by atoms with E-state index >= 15 is 0 Å². The molecule has 0 aromatic heterocycles. The molecule has 0 saturated heterocycles. The molecule has 3 rings (SSSR count). The Bertz CT molecular complexity index is 882. The number of hydrogen-bond acceptors (Lipinski definition) is 4. The normalized spacial score (nSPS) is 12.2. The lowest BCUT2D eigenvalue weighted by Gasteiger charge is -2.09. The first-order chi connectivity index (χ1) is 13.0. The molecular weight excluding hydrogens is 351 g/mol. The van der Waals surface area contributed by atoms with Gasteiger partial charge in [-0.3, -0.25) is 14.4 Å². The Morgan fingerprint density at radius 3 is 2.67 bits per heavy atom. The Morgan fingerprint density at radius 2 is 1.85 bits per heavy atom. The highest BCUT2D eigenvalue weighted by atomic mass is 19.1. The van der Waals surface area contributed by atoms with Crippen molar-refractivity contribution in [2.75, 3.05) is 18.5 Å². The zero-order valence-corrected chi connectivity index (χ0v) is 14.6. The zero-order chi connectivity index (χ0) is 19.2. The van der Waals surface area contributed by atoms with E-state index in [1.54, 1.807) is 0 Å². The third-order valence-electron chi connectivity index (χ3n) is 4.23. The summed E-state index contributed by atoms with van der Waals surface area (Å²) in [6.45, 7) is -0.868. The van der Waals surface area contributed by atoms with Gasteiger partial charge in [0.2, 0.25) is 0 Å². The Kier molecular flexibility index (Phi) is 5.80. The summed E-state index contributed by atoms with van der Waals surface area (Å²) in [5.74, 6) is -2.37. The van der Waals surface area contributed by atoms with Crippen LogP contribution in [0.3, 0.4) is 0 Å². The molecule has 140 valence electrons. The van der Waals surface area contributed by atoms with Crippen LogP contribution in [0, 0.1) is 5.82 Å². The summed E-state index contributed by atoms with van der Waals surface area (Å²) in [6.07, 6.45) is 3.17. The number of nitrogens with one attached hydrogen (secondary N) is 2. The van der Waals surface area contributed by atoms with Gasteiger partial charge in [-0.05, 0) is 60.7 Å². The maximum absolute atomic E-state index is 13.1. The summed E-state index contributed by atoms with van der Waals surface area (Å²) in [4.78, 5) is 35.4. The van der Waals surface area contributed by atoms with Gasteiger partial charge in [0.25, 0.3) is 11.8 Å². The lowest BCUT2D eigenvalue weighted by Crippen LogP contribution is -2.32. The molecule has 0 saturated carbocycles. The number of ether oxygens (including phenoxy) is 1. The fraction of sp³-hybridized carbons (Fsp3) is 0.250. The second kappa shape index (κ2) is 8.44. The Balaban J connectivity index is 1.41. The second-order valence-electron chi connectivity index (χ2n) is 6.24. The van der Waals surface area contributed by atoms with Crippen LogP contribution < -0.4 is 10.6 Å². The van der Waals surface area contributed by atoms with Gasteiger partial charge in [0.05, 0.1) is 0 Å². The Morgan fingerprint density at radius 1 is 1.04 bits per heavy atom. The number of hydrogen-bond donors (Lipinski definition) is 2. The van der Waals surface area contributed by atoms with Crippen LogP contribution in [0.2, 0.25) is 0 Å². The van der Waals surface area contributed by atoms with E-state index in [-0.39, 0.29) is 5.56 Å². The molecular formula is C20H19FN2O4. The molecule has 0 radical (unpaired) electrons. The highest BCUT2D eigenvalue weighted by molar-refractivity contribution is 5.96. The van der Waals surface area contributed by atoms with E-state index < -0.39 is 36.8 Å². The van der Waals surface area contributed by atoms with Crippen LogP contribution in [0.4, 0.5) is 10.1 Å². The molecule has 2 amide bonds. The van der Waals surface area contributed by atoms with Gasteiger partial charge in [-0.25, -0.2) is 4.39 Å². The van der Waals surface area contributed by atoms with Gasteiger partial charge in [-0.2, -0.15) is 0 Å². The van der Waals surface area contributed by atoms with E-state index in [1.165, 1.54) is 29.3 Å². The minimum atomic E-state index is -0.760. The molecule has 2 aromatic carbocycles. The molecule has 0 heterocycles. The van der Waals surface area contributed by atoms with Crippen LogP contribution in [-0.2, 0) is 27.2 Å². The first-order valence-corrected chi connectivity index (χ1v) is 8.62. The molecule has 1 aliphatic carbocycles. The van der Waals surface area contributed by atoms with Gasteiger partial charge >= 0.3 is 5.97 Å². The summed E-state index contributed by atoms with van der Waals surface area (Å²) in [5.41, 5.74) is 3.28. The molecule has 1 aliphatic rings. The number of aryl methyl sites for hydroxylation is 2. The zero-order valence-electron chi connectivity index (χ0n) is 14.6. The summed E-state index contributed by atoms with van der Waals surface area (Å²) in [7, 11) is 0. The van der Waals surface area contributed by atoms with Gasteiger partial charge in [-0.1, -0.05) is 12.1 Å². The van der Waals surface area contributed by atoms with Crippen molar-refractivity contribution < 1.29 is 23.5 Å². The van der Waals surface area contributed by atoms with E-state index in [4.69, 9.17) is 4.74 Å². The third kappa shape index (κ3) is 5.13. The lowest BCUT2D eigenvalue weighted by molar-refractivity contribution is -0.146. The number of benzene rings is 2. The van der Waals surface area contributed by atoms with Crippen molar-refractivity contribution >= 4 is 23.5 Å². The SMILES string of the molecule is O=C(COC(=O)CNC(=O)c1cccc(F)c1)Nc1ccc2c(c1)CCC2. The molecule has 2 N–H and O–H groups in total. The fourth-order valence-corrected chi connectivity index (χ4v) is 2.93. The Labute approximate surface area is 155 Å². The van der Waals surface area contributed by atoms with Gasteiger partial charge in [0.15, 0.2) is 6.61 Å². The fourth-order valence-electron chi connectivity index (χ4n) is 2.93. The first kappa shape index (κ1) is 18.6. The highest BCUT2D eigenvalue weighted by Gasteiger charge is 2.14. The molecule has 7 heteroatoms. The van der Waals surface area contributed by atoms with E-state index in [0.29, 0.717) is 5.69 Å². The van der Waals surface area contributed by atoms with Crippen molar-refractivity contribution in [3.63, 3.8) is 0 Å². The molecule has 0 spiro atoms. The van der Waals surface area contributed by atoms with E-state index in [0.717, 1.165) is 25.3 Å². The average molecular weight is 370 g/mol. The number of carbonyl (C=O) groups excluding carboxylic acids is 3.